The van der Waals surface area contributed by atoms with Crippen molar-refractivity contribution in [1.82, 2.24) is 25.3 Å². The molecule has 0 aliphatic heterocycles. The standard InChI is InChI=1S/2C12H8N2.C4H7NO4.4H2O.O.V/c2*1-3-9-5-6-10-4-2-8-14-12(10)11(9)13-7-1;6-3(7)1-5-2-4(8)9;;;;;;/h2*1-8H;5H,1-2H2,(H,6,7)(H,8,9);4*1H2;;/q;;;;;;;-2;+4/p-2. The molecule has 0 aliphatic carbocycles. The van der Waals surface area contributed by atoms with Gasteiger partial charge in [0.05, 0.1) is 34.0 Å². The van der Waals surface area contributed by atoms with Crippen LogP contribution in [0.15, 0.2) is 97.6 Å². The van der Waals surface area contributed by atoms with Crippen LogP contribution in [-0.4, -0.2) is 66.9 Å². The van der Waals surface area contributed by atoms with Gasteiger partial charge in [-0.2, -0.15) is 0 Å². The van der Waals surface area contributed by atoms with Gasteiger partial charge in [-0.05, 0) is 24.3 Å². The van der Waals surface area contributed by atoms with Crippen LogP contribution < -0.4 is 15.5 Å². The van der Waals surface area contributed by atoms with E-state index in [1.807, 2.05) is 24.3 Å². The fraction of sp³-hybridized carbons (Fsp3) is 0.0714. The summed E-state index contributed by atoms with van der Waals surface area (Å²) in [5.41, 5.74) is 3.91. The second kappa shape index (κ2) is 21.1. The van der Waals surface area contributed by atoms with Crippen LogP contribution >= 0.6 is 0 Å². The second-order valence-electron chi connectivity index (χ2n) is 7.78. The Morgan fingerprint density at radius 1 is 0.512 bits per heavy atom. The Kier molecular flexibility index (Phi) is 21.0. The number of carbonyl (C=O) groups excluding carboxylic acids is 2. The first kappa shape index (κ1) is 42.8. The van der Waals surface area contributed by atoms with E-state index in [1.165, 1.54) is 0 Å². The molecule has 4 aromatic heterocycles. The van der Waals surface area contributed by atoms with E-state index in [4.69, 9.17) is 0 Å². The molecule has 43 heavy (non-hydrogen) atoms. The van der Waals surface area contributed by atoms with Gasteiger partial charge in [0.15, 0.2) is 0 Å². The molecule has 0 atom stereocenters. The number of carboxylic acids is 2. The summed E-state index contributed by atoms with van der Waals surface area (Å²) >= 11 is 0. The number of benzene rings is 2. The maximum atomic E-state index is 9.59. The van der Waals surface area contributed by atoms with Crippen LogP contribution in [-0.2, 0) is 33.6 Å². The molecule has 6 aromatic rings. The van der Waals surface area contributed by atoms with Crippen LogP contribution in [0.2, 0.25) is 0 Å². The Bertz CT molecular complexity index is 1480. The molecule has 14 nitrogen and oxygen atoms in total. The smallest absolute Gasteiger partial charge is 2.00 e. The number of pyridine rings is 4. The summed E-state index contributed by atoms with van der Waals surface area (Å²) in [7, 11) is 0. The predicted octanol–water partition coefficient (Wildman–Crippen LogP) is -1.78. The van der Waals surface area contributed by atoms with E-state index in [0.29, 0.717) is 0 Å². The van der Waals surface area contributed by atoms with Crippen LogP contribution in [0.1, 0.15) is 0 Å². The predicted molar refractivity (Wildman–Crippen MR) is 152 cm³/mol. The van der Waals surface area contributed by atoms with Gasteiger partial charge in [0.25, 0.3) is 0 Å². The van der Waals surface area contributed by atoms with Crippen molar-refractivity contribution in [2.75, 3.05) is 13.1 Å². The molecular weight excluding hydrogens is 601 g/mol. The quantitative estimate of drug-likeness (QED) is 0.215. The van der Waals surface area contributed by atoms with Crippen molar-refractivity contribution in [2.24, 2.45) is 0 Å². The average molecular weight is 631 g/mol. The summed E-state index contributed by atoms with van der Waals surface area (Å²) < 4.78 is 0. The molecule has 6 rings (SSSR count). The van der Waals surface area contributed by atoms with E-state index in [0.717, 1.165) is 43.6 Å². The topological polar surface area (TPSA) is 298 Å². The number of nitrogens with one attached hydrogen (secondary N) is 1. The molecule has 1 radical (unpaired) electrons. The third-order valence-electron chi connectivity index (χ3n) is 5.23. The molecule has 225 valence electrons. The number of hydrogen-bond acceptors (Lipinski definition) is 9. The van der Waals surface area contributed by atoms with Crippen LogP contribution in [0.25, 0.3) is 43.6 Å². The minimum Gasteiger partial charge on any atom is -2.00 e. The maximum Gasteiger partial charge on any atom is 4.00 e. The van der Waals surface area contributed by atoms with Gasteiger partial charge in [-0.1, -0.05) is 48.5 Å². The van der Waals surface area contributed by atoms with Crippen LogP contribution in [0.3, 0.4) is 0 Å². The zero-order chi connectivity index (χ0) is 26.0. The number of aliphatic carboxylic acids is 2. The Balaban J connectivity index is -0.000000535. The minimum atomic E-state index is -1.34. The molecular formula is C28H29N5O9V. The third-order valence-corrected chi connectivity index (χ3v) is 5.23. The molecule has 0 bridgehead atoms. The Morgan fingerprint density at radius 3 is 0.953 bits per heavy atom. The average Bonchev–Trinajstić information content (AvgIpc) is 2.93. The molecule has 0 aliphatic rings. The third kappa shape index (κ3) is 11.6. The Morgan fingerprint density at radius 2 is 0.744 bits per heavy atom. The van der Waals surface area contributed by atoms with Crippen molar-refractivity contribution in [2.45, 2.75) is 0 Å². The van der Waals surface area contributed by atoms with E-state index < -0.39 is 25.0 Å². The van der Waals surface area contributed by atoms with Crippen LogP contribution in [0.4, 0.5) is 0 Å². The Hall–Kier alpha value is -4.64. The monoisotopic (exact) mass is 630 g/mol. The summed E-state index contributed by atoms with van der Waals surface area (Å²) in [6.45, 7) is -0.929. The molecule has 9 N–H and O–H groups in total. The van der Waals surface area contributed by atoms with Gasteiger partial charge in [0.1, 0.15) is 0 Å². The van der Waals surface area contributed by atoms with Crippen LogP contribution in [0.5, 0.6) is 0 Å². The van der Waals surface area contributed by atoms with Gasteiger partial charge in [-0.3, -0.25) is 19.9 Å². The van der Waals surface area contributed by atoms with Crippen molar-refractivity contribution < 1.29 is 65.7 Å². The molecule has 0 amide bonds. The number of rotatable bonds is 4. The fourth-order valence-corrected chi connectivity index (χ4v) is 3.63. The van der Waals surface area contributed by atoms with Crippen molar-refractivity contribution in [3.63, 3.8) is 0 Å². The van der Waals surface area contributed by atoms with E-state index in [2.05, 4.69) is 73.8 Å². The van der Waals surface area contributed by atoms with Gasteiger partial charge in [-0.15, -0.1) is 0 Å². The molecule has 0 fully saturated rings. The molecule has 0 saturated heterocycles. The summed E-state index contributed by atoms with van der Waals surface area (Å²) in [4.78, 5) is 36.6. The first-order chi connectivity index (χ1) is 18.0. The van der Waals surface area contributed by atoms with Crippen LogP contribution in [0, 0.1) is 0 Å². The molecule has 4 heterocycles. The summed E-state index contributed by atoms with van der Waals surface area (Å²) in [5, 5.41) is 25.8. The number of aromatic nitrogens is 4. The number of carbonyl (C=O) groups is 2. The number of fused-ring (bicyclic) bond motifs is 6. The van der Waals surface area contributed by atoms with E-state index >= 15 is 0 Å². The Labute approximate surface area is 256 Å². The first-order valence-corrected chi connectivity index (χ1v) is 11.3. The first-order valence-electron chi connectivity index (χ1n) is 11.3. The van der Waals surface area contributed by atoms with Crippen molar-refractivity contribution in [3.8, 4) is 0 Å². The zero-order valence-corrected chi connectivity index (χ0v) is 23.8. The number of carboxylic acid groups (broad SMARTS) is 2. The maximum absolute atomic E-state index is 9.59. The fourth-order valence-electron chi connectivity index (χ4n) is 3.63. The zero-order valence-electron chi connectivity index (χ0n) is 22.4. The van der Waals surface area contributed by atoms with Gasteiger partial charge in [0, 0.05) is 59.4 Å². The van der Waals surface area contributed by atoms with Gasteiger partial charge < -0.3 is 52.5 Å². The van der Waals surface area contributed by atoms with E-state index in [9.17, 15) is 19.8 Å². The summed E-state index contributed by atoms with van der Waals surface area (Å²) in [5.74, 6) is -2.67. The van der Waals surface area contributed by atoms with E-state index in [1.54, 1.807) is 24.8 Å². The molecule has 0 spiro atoms. The number of hydrogen-bond donors (Lipinski definition) is 1. The molecule has 2 aromatic carbocycles. The minimum absolute atomic E-state index is 0. The molecule has 15 heteroatoms. The normalized spacial score (nSPS) is 8.93. The summed E-state index contributed by atoms with van der Waals surface area (Å²) in [6, 6.07) is 24.3. The number of nitrogens with zero attached hydrogens (tertiary/aromatic N) is 4. The van der Waals surface area contributed by atoms with Crippen molar-refractivity contribution in [1.29, 1.82) is 0 Å². The van der Waals surface area contributed by atoms with Gasteiger partial charge in [-0.25, -0.2) is 0 Å². The molecule has 0 unspecified atom stereocenters. The largest absolute Gasteiger partial charge is 4.00 e. The van der Waals surface area contributed by atoms with Crippen molar-refractivity contribution >= 4 is 55.6 Å². The molecule has 0 saturated carbocycles. The van der Waals surface area contributed by atoms with Gasteiger partial charge in [0.2, 0.25) is 0 Å². The summed E-state index contributed by atoms with van der Waals surface area (Å²) in [6.07, 6.45) is 7.21. The van der Waals surface area contributed by atoms with Gasteiger partial charge >= 0.3 is 18.6 Å². The SMILES string of the molecule is O.O.O.O.O=C([O-])CNCC(=O)[O-].[O-2].[V+4].c1cnc2c(c1)ccc1cccnc12.c1cnc2c(c1)ccc1cccnc12. The van der Waals surface area contributed by atoms with Crippen molar-refractivity contribution in [3.05, 3.63) is 97.6 Å². The second-order valence-corrected chi connectivity index (χ2v) is 7.78. The van der Waals surface area contributed by atoms with E-state index in [-0.39, 0.29) is 45.9 Å².